The van der Waals surface area contributed by atoms with E-state index in [0.717, 1.165) is 94.8 Å². The van der Waals surface area contributed by atoms with Crippen molar-refractivity contribution in [2.45, 2.75) is 105 Å². The van der Waals surface area contributed by atoms with E-state index in [9.17, 15) is 0 Å². The number of rotatable bonds is 11. The molecule has 0 amide bonds. The van der Waals surface area contributed by atoms with Crippen LogP contribution in [0, 0.1) is 18.8 Å². The zero-order valence-electron chi connectivity index (χ0n) is 52.9. The first kappa shape index (κ1) is 60.3. The molecule has 10 aromatic carbocycles. The summed E-state index contributed by atoms with van der Waals surface area (Å²) in [4.78, 5) is 9.62. The Hall–Kier alpha value is -8.96. The number of anilines is 4. The Morgan fingerprint density at radius 1 is 0.393 bits per heavy atom. The van der Waals surface area contributed by atoms with Gasteiger partial charge in [0.1, 0.15) is 17.3 Å². The quantitative estimate of drug-likeness (QED) is 0.121. The monoisotopic (exact) mass is 1340 g/mol. The number of nitrogens with zero attached hydrogens (tertiary/aromatic N) is 4. The molecule has 3 heterocycles. The molecule has 7 heteroatoms. The van der Waals surface area contributed by atoms with Crippen LogP contribution in [0.4, 0.5) is 22.7 Å². The second-order valence-electron chi connectivity index (χ2n) is 27.4. The van der Waals surface area contributed by atoms with Gasteiger partial charge in [-0.1, -0.05) is 252 Å². The molecule has 1 aliphatic rings. The third kappa shape index (κ3) is 12.0. The van der Waals surface area contributed by atoms with Crippen LogP contribution >= 0.6 is 0 Å². The Morgan fingerprint density at radius 2 is 0.876 bits per heavy atom. The molecule has 0 saturated carbocycles. The minimum Gasteiger partial charge on any atom is -0.509 e. The van der Waals surface area contributed by atoms with Crippen LogP contribution in [0.5, 0.6) is 23.0 Å². The van der Waals surface area contributed by atoms with Crippen LogP contribution < -0.4 is 19.3 Å². The molecule has 12 aromatic rings. The topological polar surface area (TPSA) is 42.8 Å². The van der Waals surface area contributed by atoms with Gasteiger partial charge in [-0.15, -0.1) is 48.1 Å². The van der Waals surface area contributed by atoms with E-state index in [1.807, 2.05) is 30.5 Å². The maximum absolute atomic E-state index is 7.47. The number of ether oxygens (including phenoxy) is 2. The van der Waals surface area contributed by atoms with Crippen molar-refractivity contribution in [3.05, 3.63) is 272 Å². The van der Waals surface area contributed by atoms with Crippen LogP contribution in [-0.4, -0.2) is 9.55 Å². The van der Waals surface area contributed by atoms with Gasteiger partial charge in [0.2, 0.25) is 0 Å². The van der Waals surface area contributed by atoms with E-state index in [4.69, 9.17) is 14.5 Å². The summed E-state index contributed by atoms with van der Waals surface area (Å²) in [5.41, 5.74) is 19.4. The fraction of sp³-hybridized carbons (Fsp3) is 0.195. The molecule has 2 aromatic heterocycles. The minimum absolute atomic E-state index is 0. The van der Waals surface area contributed by atoms with Gasteiger partial charge in [-0.25, -0.2) is 4.98 Å². The molecule has 0 N–H and O–H groups in total. The zero-order chi connectivity index (χ0) is 61.3. The van der Waals surface area contributed by atoms with Gasteiger partial charge in [-0.2, -0.15) is 12.1 Å². The molecule has 0 aliphatic carbocycles. The first-order chi connectivity index (χ1) is 42.1. The average molecular weight is 1340 g/mol. The summed E-state index contributed by atoms with van der Waals surface area (Å²) in [5, 5.41) is 2.10. The van der Waals surface area contributed by atoms with Crippen molar-refractivity contribution >= 4 is 44.6 Å². The van der Waals surface area contributed by atoms with Crippen LogP contribution in [-0.2, 0) is 42.7 Å². The molecule has 0 bridgehead atoms. The molecule has 448 valence electrons. The molecule has 0 fully saturated rings. The van der Waals surface area contributed by atoms with E-state index < -0.39 is 0 Å². The molecule has 0 atom stereocenters. The van der Waals surface area contributed by atoms with Crippen LogP contribution in [0.1, 0.15) is 105 Å². The summed E-state index contributed by atoms with van der Waals surface area (Å²) < 4.78 is 16.5. The maximum atomic E-state index is 7.47. The van der Waals surface area contributed by atoms with Gasteiger partial charge in [-0.05, 0) is 95.8 Å². The van der Waals surface area contributed by atoms with Gasteiger partial charge in [0, 0.05) is 89.7 Å². The largest absolute Gasteiger partial charge is 0.509 e. The fourth-order valence-electron chi connectivity index (χ4n) is 12.0. The number of para-hydroxylation sites is 5. The molecule has 0 saturated heterocycles. The van der Waals surface area contributed by atoms with E-state index in [2.05, 4.69) is 316 Å². The first-order valence-electron chi connectivity index (χ1n) is 30.7. The number of pyridine rings is 1. The molecule has 89 heavy (non-hydrogen) atoms. The van der Waals surface area contributed by atoms with Gasteiger partial charge < -0.3 is 23.8 Å². The summed E-state index contributed by atoms with van der Waals surface area (Å²) in [6, 6.07) is 87.2. The predicted molar refractivity (Wildman–Crippen MR) is 367 cm³/mol. The third-order valence-corrected chi connectivity index (χ3v) is 17.0. The van der Waals surface area contributed by atoms with Crippen molar-refractivity contribution in [1.29, 1.82) is 0 Å². The molecule has 0 unspecified atom stereocenters. The Kier molecular flexibility index (Phi) is 15.9. The van der Waals surface area contributed by atoms with Crippen molar-refractivity contribution in [3.8, 4) is 73.3 Å². The molecule has 0 radical (unpaired) electrons. The number of hydrogen-bond acceptors (Lipinski definition) is 5. The zero-order valence-corrected chi connectivity index (χ0v) is 55.2. The van der Waals surface area contributed by atoms with Crippen molar-refractivity contribution in [2.24, 2.45) is 0 Å². The third-order valence-electron chi connectivity index (χ3n) is 17.0. The van der Waals surface area contributed by atoms with E-state index in [1.165, 1.54) is 22.3 Å². The van der Waals surface area contributed by atoms with Crippen LogP contribution in [0.25, 0.3) is 72.1 Å². The standard InChI is InChI=1S/C82H75N4O2.Pt/c1-79(2,3)58-44-56(45-59(48-58)80(4,5)6)68-35-25-36-69(57-46-60(81(7,8)9)49-61(47-57)82(10,11)12)78(68)88-65-42-43-83-76(52-65)86-72-37-20-19-32-70(72)71-41-40-64(51-75(71)86)87-63-31-23-30-62(50-63)84-53-85(74-39-22-21-38-73(74)84)77-66(54-26-15-13-16-27-54)33-24-34-67(77)55-28-17-14-18-29-55;/h13-49,52-53H,1-12H3;/q-3;. The second-order valence-corrected chi connectivity index (χ2v) is 27.4. The van der Waals surface area contributed by atoms with Gasteiger partial charge in [0.05, 0.1) is 0 Å². The van der Waals surface area contributed by atoms with Gasteiger partial charge in [-0.3, -0.25) is 0 Å². The van der Waals surface area contributed by atoms with Crippen molar-refractivity contribution in [1.82, 2.24) is 9.55 Å². The molecule has 0 spiro atoms. The average Bonchev–Trinajstić information content (AvgIpc) is 1.75. The minimum atomic E-state index is -0.0865. The summed E-state index contributed by atoms with van der Waals surface area (Å²) >= 11 is 0. The van der Waals surface area contributed by atoms with E-state index in [-0.39, 0.29) is 42.7 Å². The molecule has 1 aliphatic heterocycles. The summed E-state index contributed by atoms with van der Waals surface area (Å²) in [6.45, 7) is 29.7. The summed E-state index contributed by atoms with van der Waals surface area (Å²) in [6.07, 6.45) is 1.85. The van der Waals surface area contributed by atoms with Gasteiger partial charge in [0.25, 0.3) is 0 Å². The Labute approximate surface area is 540 Å². The summed E-state index contributed by atoms with van der Waals surface area (Å²) in [7, 11) is 0. The van der Waals surface area contributed by atoms with Crippen LogP contribution in [0.3, 0.4) is 0 Å². The molecular weight excluding hydrogens is 1270 g/mol. The first-order valence-corrected chi connectivity index (χ1v) is 30.7. The Morgan fingerprint density at radius 3 is 1.43 bits per heavy atom. The molecular formula is C82H75N4O2Pt-3. The van der Waals surface area contributed by atoms with Crippen molar-refractivity contribution < 1.29 is 30.5 Å². The van der Waals surface area contributed by atoms with E-state index >= 15 is 0 Å². The van der Waals surface area contributed by atoms with Gasteiger partial charge in [0.15, 0.2) is 0 Å². The molecule has 6 nitrogen and oxygen atoms in total. The van der Waals surface area contributed by atoms with Gasteiger partial charge >= 0.3 is 0 Å². The Balaban J connectivity index is 0.00000769. The van der Waals surface area contributed by atoms with E-state index in [1.54, 1.807) is 0 Å². The fourth-order valence-corrected chi connectivity index (χ4v) is 12.0. The van der Waals surface area contributed by atoms with Crippen LogP contribution in [0.15, 0.2) is 231 Å². The SMILES string of the molecule is CC(C)(C)c1cc(-c2cccc(-c3cc(C(C)(C)C)cc(C(C)(C)C)c3)c2Oc2ccnc(-n3c4[c-]c(Oc5[c-]c(N6[CH-]N(c7c(-c8ccccc8)cccc7-c7ccccc7)c7ccccc76)ccc5)ccc4c4ccccc43)c2)cc(C(C)(C)C)c1.[Pt]. The summed E-state index contributed by atoms with van der Waals surface area (Å²) in [5.74, 6) is 3.25. The number of hydrogen-bond donors (Lipinski definition) is 0. The van der Waals surface area contributed by atoms with Crippen molar-refractivity contribution in [2.75, 3.05) is 9.80 Å². The number of benzene rings is 10. The van der Waals surface area contributed by atoms with Crippen molar-refractivity contribution in [3.63, 3.8) is 0 Å². The maximum Gasteiger partial charge on any atom is 0.143 e. The normalized spacial score (nSPS) is 12.8. The predicted octanol–water partition coefficient (Wildman–Crippen LogP) is 22.6. The van der Waals surface area contributed by atoms with Crippen LogP contribution in [0.2, 0.25) is 0 Å². The van der Waals surface area contributed by atoms with E-state index in [0.29, 0.717) is 23.1 Å². The smallest absolute Gasteiger partial charge is 0.143 e. The second kappa shape index (κ2) is 23.5. The Bertz CT molecular complexity index is 4380. The number of fused-ring (bicyclic) bond motifs is 4. The number of aromatic nitrogens is 2. The molecule has 13 rings (SSSR count).